The molecule has 25 heavy (non-hydrogen) atoms. The van der Waals surface area contributed by atoms with E-state index in [4.69, 9.17) is 21.1 Å². The molecule has 1 aromatic rings. The predicted molar refractivity (Wildman–Crippen MR) is 96.7 cm³/mol. The normalized spacial score (nSPS) is 24.5. The van der Waals surface area contributed by atoms with Crippen LogP contribution in [0.25, 0.3) is 0 Å². The summed E-state index contributed by atoms with van der Waals surface area (Å²) >= 11 is 6.17. The Morgan fingerprint density at radius 3 is 2.80 bits per heavy atom. The number of amides is 1. The van der Waals surface area contributed by atoms with Crippen molar-refractivity contribution in [1.82, 2.24) is 4.90 Å². The molecule has 4 rings (SSSR count). The molecule has 2 heterocycles. The average molecular weight is 364 g/mol. The molecule has 2 saturated heterocycles. The van der Waals surface area contributed by atoms with Gasteiger partial charge in [-0.15, -0.1) is 0 Å². The van der Waals surface area contributed by atoms with Crippen LogP contribution in [0.1, 0.15) is 31.2 Å². The highest BCUT2D eigenvalue weighted by Crippen LogP contribution is 2.41. The minimum absolute atomic E-state index is 0.149. The number of carbonyl (C=O) groups excluding carboxylic acids is 1. The molecule has 4 nitrogen and oxygen atoms in total. The molecule has 1 saturated carbocycles. The summed E-state index contributed by atoms with van der Waals surface area (Å²) < 4.78 is 11.9. The van der Waals surface area contributed by atoms with Gasteiger partial charge in [0.25, 0.3) is 0 Å². The summed E-state index contributed by atoms with van der Waals surface area (Å²) in [6, 6.07) is 7.73. The Morgan fingerprint density at radius 1 is 1.24 bits per heavy atom. The second kappa shape index (κ2) is 7.26. The van der Waals surface area contributed by atoms with Crippen molar-refractivity contribution in [2.75, 3.05) is 32.9 Å². The van der Waals surface area contributed by atoms with E-state index in [-0.39, 0.29) is 11.5 Å². The van der Waals surface area contributed by atoms with E-state index in [1.807, 2.05) is 29.2 Å². The number of likely N-dealkylation sites (tertiary alicyclic amines) is 1. The Balaban J connectivity index is 1.24. The lowest BCUT2D eigenvalue weighted by Gasteiger charge is -2.50. The third-order valence-corrected chi connectivity index (χ3v) is 6.17. The summed E-state index contributed by atoms with van der Waals surface area (Å²) in [5, 5.41) is 0.738. The van der Waals surface area contributed by atoms with Gasteiger partial charge in [-0.2, -0.15) is 0 Å². The van der Waals surface area contributed by atoms with E-state index in [2.05, 4.69) is 0 Å². The van der Waals surface area contributed by atoms with Crippen LogP contribution in [0.5, 0.6) is 0 Å². The first-order valence-electron chi connectivity index (χ1n) is 9.39. The number of aryl methyl sites for hydroxylation is 1. The van der Waals surface area contributed by atoms with Crippen LogP contribution in [0.15, 0.2) is 24.3 Å². The maximum Gasteiger partial charge on any atom is 0.223 e. The molecule has 3 fully saturated rings. The fourth-order valence-corrected chi connectivity index (χ4v) is 4.14. The van der Waals surface area contributed by atoms with Gasteiger partial charge in [0.15, 0.2) is 0 Å². The van der Waals surface area contributed by atoms with Gasteiger partial charge in [-0.25, -0.2) is 0 Å². The summed E-state index contributed by atoms with van der Waals surface area (Å²) in [5.74, 6) is 1.42. The maximum atomic E-state index is 12.5. The maximum absolute atomic E-state index is 12.5. The third-order valence-electron chi connectivity index (χ3n) is 5.81. The number of hydrogen-bond donors (Lipinski definition) is 0. The van der Waals surface area contributed by atoms with E-state index in [9.17, 15) is 4.79 Å². The van der Waals surface area contributed by atoms with Crippen LogP contribution in [-0.4, -0.2) is 49.3 Å². The topological polar surface area (TPSA) is 38.8 Å². The van der Waals surface area contributed by atoms with Crippen LogP contribution in [-0.2, 0) is 20.7 Å². The lowest BCUT2D eigenvalue weighted by atomic mass is 9.81. The third kappa shape index (κ3) is 3.86. The largest absolute Gasteiger partial charge is 0.381 e. The monoisotopic (exact) mass is 363 g/mol. The van der Waals surface area contributed by atoms with E-state index in [1.54, 1.807) is 0 Å². The zero-order chi connectivity index (χ0) is 17.3. The molecule has 1 unspecified atom stereocenters. The van der Waals surface area contributed by atoms with E-state index >= 15 is 0 Å². The van der Waals surface area contributed by atoms with Crippen molar-refractivity contribution in [3.05, 3.63) is 34.9 Å². The van der Waals surface area contributed by atoms with Crippen LogP contribution in [0.2, 0.25) is 5.02 Å². The standard InChI is InChI=1S/C20H26ClNO3/c21-18-4-2-1-3-16(18)7-8-19(23)22-13-20(14-22)17(9-10-25-20)12-24-11-15-5-6-15/h1-4,15,17H,5-14H2. The Bertz CT molecular complexity index is 625. The van der Waals surface area contributed by atoms with Crippen molar-refractivity contribution in [2.24, 2.45) is 11.8 Å². The quantitative estimate of drug-likeness (QED) is 0.746. The van der Waals surface area contributed by atoms with E-state index < -0.39 is 0 Å². The summed E-state index contributed by atoms with van der Waals surface area (Å²) in [5.41, 5.74) is 0.889. The Morgan fingerprint density at radius 2 is 2.04 bits per heavy atom. The molecule has 5 heteroatoms. The van der Waals surface area contributed by atoms with Crippen LogP contribution < -0.4 is 0 Å². The molecule has 0 aromatic heterocycles. The zero-order valence-electron chi connectivity index (χ0n) is 14.6. The molecular formula is C20H26ClNO3. The lowest BCUT2D eigenvalue weighted by molar-refractivity contribution is -0.168. The second-order valence-corrected chi connectivity index (χ2v) is 8.13. The molecular weight excluding hydrogens is 338 g/mol. The number of ether oxygens (including phenoxy) is 2. The highest BCUT2D eigenvalue weighted by molar-refractivity contribution is 6.31. The van der Waals surface area contributed by atoms with Crippen molar-refractivity contribution in [3.8, 4) is 0 Å². The first kappa shape index (κ1) is 17.3. The Labute approximate surface area is 154 Å². The number of carbonyl (C=O) groups is 1. The van der Waals surface area contributed by atoms with Crippen LogP contribution in [0.3, 0.4) is 0 Å². The van der Waals surface area contributed by atoms with Gasteiger partial charge < -0.3 is 14.4 Å². The van der Waals surface area contributed by atoms with Gasteiger partial charge >= 0.3 is 0 Å². The second-order valence-electron chi connectivity index (χ2n) is 7.72. The fourth-order valence-electron chi connectivity index (χ4n) is 3.91. The van der Waals surface area contributed by atoms with E-state index in [0.717, 1.165) is 42.7 Å². The molecule has 1 aromatic carbocycles. The highest BCUT2D eigenvalue weighted by atomic mass is 35.5. The molecule has 136 valence electrons. The van der Waals surface area contributed by atoms with Crippen molar-refractivity contribution in [3.63, 3.8) is 0 Å². The van der Waals surface area contributed by atoms with Gasteiger partial charge in [0.2, 0.25) is 5.91 Å². The number of rotatable bonds is 7. The Kier molecular flexibility index (Phi) is 5.03. The molecule has 1 aliphatic carbocycles. The van der Waals surface area contributed by atoms with E-state index in [0.29, 0.717) is 31.8 Å². The summed E-state index contributed by atoms with van der Waals surface area (Å²) in [6.45, 7) is 3.89. The SMILES string of the molecule is O=C(CCc1ccccc1Cl)N1CC2(C1)OCCC2COCC1CC1. The molecule has 1 spiro atoms. The highest BCUT2D eigenvalue weighted by Gasteiger charge is 2.54. The molecule has 0 N–H and O–H groups in total. The first-order valence-corrected chi connectivity index (χ1v) is 9.77. The van der Waals surface area contributed by atoms with Gasteiger partial charge in [-0.05, 0) is 43.2 Å². The molecule has 2 aliphatic heterocycles. The van der Waals surface area contributed by atoms with Gasteiger partial charge in [-0.3, -0.25) is 4.79 Å². The number of benzene rings is 1. The zero-order valence-corrected chi connectivity index (χ0v) is 15.3. The minimum atomic E-state index is -0.149. The van der Waals surface area contributed by atoms with E-state index in [1.165, 1.54) is 12.8 Å². The predicted octanol–water partition coefficient (Wildman–Crippen LogP) is 3.32. The van der Waals surface area contributed by atoms with Crippen molar-refractivity contribution < 1.29 is 14.3 Å². The molecule has 0 bridgehead atoms. The van der Waals surface area contributed by atoms with Crippen molar-refractivity contribution >= 4 is 17.5 Å². The molecule has 3 aliphatic rings. The first-order chi connectivity index (χ1) is 12.2. The smallest absolute Gasteiger partial charge is 0.223 e. The summed E-state index contributed by atoms with van der Waals surface area (Å²) in [4.78, 5) is 14.4. The lowest BCUT2D eigenvalue weighted by Crippen LogP contribution is -2.66. The number of nitrogens with zero attached hydrogens (tertiary/aromatic N) is 1. The average Bonchev–Trinajstić information content (AvgIpc) is 3.30. The molecule has 1 atom stereocenters. The van der Waals surface area contributed by atoms with Crippen LogP contribution >= 0.6 is 11.6 Å². The summed E-state index contributed by atoms with van der Waals surface area (Å²) in [7, 11) is 0. The van der Waals surface area contributed by atoms with Crippen LogP contribution in [0, 0.1) is 11.8 Å². The van der Waals surface area contributed by atoms with Gasteiger partial charge in [0, 0.05) is 30.6 Å². The summed E-state index contributed by atoms with van der Waals surface area (Å²) in [6.07, 6.45) is 4.88. The van der Waals surface area contributed by atoms with Gasteiger partial charge in [-0.1, -0.05) is 29.8 Å². The molecule has 0 radical (unpaired) electrons. The van der Waals surface area contributed by atoms with Gasteiger partial charge in [0.05, 0.1) is 19.7 Å². The van der Waals surface area contributed by atoms with Gasteiger partial charge in [0.1, 0.15) is 5.60 Å². The van der Waals surface area contributed by atoms with Crippen molar-refractivity contribution in [1.29, 1.82) is 0 Å². The number of halogens is 1. The van der Waals surface area contributed by atoms with Crippen LogP contribution in [0.4, 0.5) is 0 Å². The minimum Gasteiger partial charge on any atom is -0.381 e. The number of hydrogen-bond acceptors (Lipinski definition) is 3. The Hall–Kier alpha value is -1.10. The molecule has 1 amide bonds. The van der Waals surface area contributed by atoms with Crippen molar-refractivity contribution in [2.45, 2.75) is 37.7 Å². The fraction of sp³-hybridized carbons (Fsp3) is 0.650.